The molecule has 0 unspecified atom stereocenters. The van der Waals surface area contributed by atoms with E-state index in [1.54, 1.807) is 33.8 Å². The molecule has 0 aliphatic heterocycles. The summed E-state index contributed by atoms with van der Waals surface area (Å²) in [6.45, 7) is 11.0. The maximum atomic E-state index is 11.8. The Morgan fingerprint density at radius 2 is 2.06 bits per heavy atom. The van der Waals surface area contributed by atoms with Crippen molar-refractivity contribution in [1.82, 2.24) is 10.6 Å². The van der Waals surface area contributed by atoms with Gasteiger partial charge < -0.3 is 9.53 Å². The molecule has 17 heavy (non-hydrogen) atoms. The Labute approximate surface area is 103 Å². The number of rotatable bonds is 7. The Morgan fingerprint density at radius 1 is 1.47 bits per heavy atom. The molecule has 0 radical (unpaired) electrons. The number of aldehydes is 1. The van der Waals surface area contributed by atoms with Gasteiger partial charge in [0.2, 0.25) is 0 Å². The first-order chi connectivity index (χ1) is 7.80. The van der Waals surface area contributed by atoms with Crippen molar-refractivity contribution in [3.05, 3.63) is 12.7 Å². The quantitative estimate of drug-likeness (QED) is 0.296. The second-order valence-corrected chi connectivity index (χ2v) is 4.75. The van der Waals surface area contributed by atoms with Gasteiger partial charge in [-0.2, -0.15) is 0 Å². The van der Waals surface area contributed by atoms with Crippen LogP contribution in [0.15, 0.2) is 12.7 Å². The van der Waals surface area contributed by atoms with Crippen molar-refractivity contribution < 1.29 is 14.3 Å². The van der Waals surface area contributed by atoms with Crippen molar-refractivity contribution in [3.63, 3.8) is 0 Å². The summed E-state index contributed by atoms with van der Waals surface area (Å²) in [6.07, 6.45) is 1.64. The summed E-state index contributed by atoms with van der Waals surface area (Å²) in [6, 6.07) is -0.426. The first kappa shape index (κ1) is 15.8. The lowest BCUT2D eigenvalue weighted by molar-refractivity contribution is -0.158. The fourth-order valence-corrected chi connectivity index (χ4v) is 1.07. The number of ether oxygens (including phenoxy) is 1. The van der Waals surface area contributed by atoms with E-state index in [1.165, 1.54) is 0 Å². The second-order valence-electron chi connectivity index (χ2n) is 4.75. The van der Waals surface area contributed by atoms with Crippen LogP contribution in [-0.4, -0.2) is 36.6 Å². The number of hydrogen-bond acceptors (Lipinski definition) is 5. The fourth-order valence-electron chi connectivity index (χ4n) is 1.07. The molecule has 0 bridgehead atoms. The van der Waals surface area contributed by atoms with E-state index < -0.39 is 23.8 Å². The lowest BCUT2D eigenvalue weighted by atomic mass is 10.2. The highest BCUT2D eigenvalue weighted by Gasteiger charge is 2.25. The van der Waals surface area contributed by atoms with Crippen molar-refractivity contribution in [2.45, 2.75) is 45.5 Å². The molecule has 0 saturated carbocycles. The minimum Gasteiger partial charge on any atom is -0.458 e. The van der Waals surface area contributed by atoms with Crippen LogP contribution in [-0.2, 0) is 14.3 Å². The van der Waals surface area contributed by atoms with Gasteiger partial charge in [-0.1, -0.05) is 6.08 Å². The Balaban J connectivity index is 4.49. The largest absolute Gasteiger partial charge is 0.458 e. The van der Waals surface area contributed by atoms with Crippen LogP contribution >= 0.6 is 0 Å². The van der Waals surface area contributed by atoms with Crippen molar-refractivity contribution in [2.75, 3.05) is 6.54 Å². The van der Waals surface area contributed by atoms with Crippen LogP contribution in [0.4, 0.5) is 0 Å². The molecule has 0 aliphatic carbocycles. The molecule has 0 aromatic rings. The van der Waals surface area contributed by atoms with Crippen LogP contribution < -0.4 is 10.6 Å². The Morgan fingerprint density at radius 3 is 2.47 bits per heavy atom. The van der Waals surface area contributed by atoms with Gasteiger partial charge in [-0.25, -0.2) is 4.79 Å². The number of nitrogens with one attached hydrogen (secondary N) is 2. The smallest absolute Gasteiger partial charge is 0.338 e. The van der Waals surface area contributed by atoms with Crippen molar-refractivity contribution >= 4 is 12.3 Å². The van der Waals surface area contributed by atoms with Crippen molar-refractivity contribution in [3.8, 4) is 0 Å². The summed E-state index contributed by atoms with van der Waals surface area (Å²) in [4.78, 5) is 22.4. The standard InChI is InChI=1S/C12H22N2O3/c1-6-7-13-10(14-9(2)8-15)11(16)17-12(3,4)5/h6,8-10,13-14H,1,7H2,2-5H3/t9-,10+/m0/s1. The summed E-state index contributed by atoms with van der Waals surface area (Å²) >= 11 is 0. The first-order valence-corrected chi connectivity index (χ1v) is 5.58. The zero-order valence-corrected chi connectivity index (χ0v) is 10.9. The predicted molar refractivity (Wildman–Crippen MR) is 66.5 cm³/mol. The van der Waals surface area contributed by atoms with Gasteiger partial charge in [0.25, 0.3) is 0 Å². The molecule has 98 valence electrons. The SMILES string of the molecule is C=CCN[C@H](N[C@@H](C)C=O)C(=O)OC(C)(C)C. The molecule has 0 spiro atoms. The lowest BCUT2D eigenvalue weighted by Gasteiger charge is -2.25. The molecule has 0 saturated heterocycles. The van der Waals surface area contributed by atoms with Gasteiger partial charge in [0.1, 0.15) is 11.9 Å². The molecule has 0 aromatic carbocycles. The molecule has 0 aromatic heterocycles. The highest BCUT2D eigenvalue weighted by Crippen LogP contribution is 2.07. The van der Waals surface area contributed by atoms with Gasteiger partial charge in [0.05, 0.1) is 6.04 Å². The van der Waals surface area contributed by atoms with Gasteiger partial charge in [-0.15, -0.1) is 6.58 Å². The molecule has 0 aliphatic rings. The van der Waals surface area contributed by atoms with Gasteiger partial charge in [0.15, 0.2) is 6.17 Å². The minimum atomic E-state index is -0.715. The topological polar surface area (TPSA) is 67.4 Å². The maximum Gasteiger partial charge on any atom is 0.338 e. The van der Waals surface area contributed by atoms with E-state index in [0.29, 0.717) is 6.54 Å². The van der Waals surface area contributed by atoms with Crippen LogP contribution in [0, 0.1) is 0 Å². The predicted octanol–water partition coefficient (Wildman–Crippen LogP) is 0.607. The summed E-state index contributed by atoms with van der Waals surface area (Å²) in [5.41, 5.74) is -0.558. The Hall–Kier alpha value is -1.20. The van der Waals surface area contributed by atoms with Crippen LogP contribution in [0.2, 0.25) is 0 Å². The molecule has 5 nitrogen and oxygen atoms in total. The van der Waals surface area contributed by atoms with Crippen LogP contribution in [0.25, 0.3) is 0 Å². The van der Waals surface area contributed by atoms with Crippen molar-refractivity contribution in [2.24, 2.45) is 0 Å². The van der Waals surface area contributed by atoms with E-state index in [2.05, 4.69) is 17.2 Å². The normalized spacial score (nSPS) is 14.8. The highest BCUT2D eigenvalue weighted by atomic mass is 16.6. The second kappa shape index (κ2) is 7.19. The zero-order valence-electron chi connectivity index (χ0n) is 10.9. The first-order valence-electron chi connectivity index (χ1n) is 5.58. The molecular weight excluding hydrogens is 220 g/mol. The third-order valence-corrected chi connectivity index (χ3v) is 1.74. The van der Waals surface area contributed by atoms with E-state index in [4.69, 9.17) is 4.74 Å². The Bertz CT molecular complexity index is 271. The molecule has 5 heteroatoms. The van der Waals surface area contributed by atoms with E-state index in [0.717, 1.165) is 6.29 Å². The maximum absolute atomic E-state index is 11.8. The molecule has 0 rings (SSSR count). The minimum absolute atomic E-state index is 0.426. The highest BCUT2D eigenvalue weighted by molar-refractivity contribution is 5.76. The van der Waals surface area contributed by atoms with Crippen LogP contribution in [0.3, 0.4) is 0 Å². The van der Waals surface area contributed by atoms with E-state index in [-0.39, 0.29) is 0 Å². The fraction of sp³-hybridized carbons (Fsp3) is 0.667. The molecule has 2 N–H and O–H groups in total. The van der Waals surface area contributed by atoms with Gasteiger partial charge in [-0.3, -0.25) is 10.6 Å². The van der Waals surface area contributed by atoms with E-state index >= 15 is 0 Å². The molecule has 0 fully saturated rings. The Kier molecular flexibility index (Phi) is 6.68. The molecule has 0 heterocycles. The molecule has 2 atom stereocenters. The summed E-state index contributed by atoms with van der Waals surface area (Å²) in [5, 5.41) is 5.72. The number of carbonyl (C=O) groups is 2. The third kappa shape index (κ3) is 7.65. The van der Waals surface area contributed by atoms with Gasteiger partial charge >= 0.3 is 5.97 Å². The number of carbonyl (C=O) groups excluding carboxylic acids is 2. The number of hydrogen-bond donors (Lipinski definition) is 2. The summed E-state index contributed by atoms with van der Waals surface area (Å²) in [5.74, 6) is -0.437. The van der Waals surface area contributed by atoms with Gasteiger partial charge in [0, 0.05) is 6.54 Å². The van der Waals surface area contributed by atoms with Crippen LogP contribution in [0.5, 0.6) is 0 Å². The van der Waals surface area contributed by atoms with Gasteiger partial charge in [-0.05, 0) is 27.7 Å². The van der Waals surface area contributed by atoms with E-state index in [9.17, 15) is 9.59 Å². The molecular formula is C12H22N2O3. The number of esters is 1. The monoisotopic (exact) mass is 242 g/mol. The zero-order chi connectivity index (χ0) is 13.5. The average Bonchev–Trinajstić information content (AvgIpc) is 2.21. The average molecular weight is 242 g/mol. The summed E-state index contributed by atoms with van der Waals surface area (Å²) in [7, 11) is 0. The molecule has 0 amide bonds. The van der Waals surface area contributed by atoms with Crippen molar-refractivity contribution in [1.29, 1.82) is 0 Å². The third-order valence-electron chi connectivity index (χ3n) is 1.74. The summed E-state index contributed by atoms with van der Waals surface area (Å²) < 4.78 is 5.23. The lowest BCUT2D eigenvalue weighted by Crippen LogP contribution is -2.53. The van der Waals surface area contributed by atoms with E-state index in [1.807, 2.05) is 0 Å². The van der Waals surface area contributed by atoms with Crippen LogP contribution in [0.1, 0.15) is 27.7 Å².